The lowest BCUT2D eigenvalue weighted by Crippen LogP contribution is -2.48. The molecule has 2 aromatic rings. The fourth-order valence-corrected chi connectivity index (χ4v) is 4.11. The molecule has 1 atom stereocenters. The van der Waals surface area contributed by atoms with Gasteiger partial charge in [-0.25, -0.2) is 13.7 Å². The van der Waals surface area contributed by atoms with Crippen LogP contribution in [0.15, 0.2) is 42.5 Å². The van der Waals surface area contributed by atoms with Crippen molar-refractivity contribution in [3.05, 3.63) is 59.1 Å². The van der Waals surface area contributed by atoms with Crippen molar-refractivity contribution in [2.45, 2.75) is 31.3 Å². The molecule has 2 fully saturated rings. The van der Waals surface area contributed by atoms with Crippen LogP contribution in [0.25, 0.3) is 0 Å². The number of hydrogen-bond acceptors (Lipinski definition) is 4. The van der Waals surface area contributed by atoms with Gasteiger partial charge in [0.15, 0.2) is 0 Å². The predicted octanol–water partition coefficient (Wildman–Crippen LogP) is 3.83. The van der Waals surface area contributed by atoms with Crippen molar-refractivity contribution in [3.63, 3.8) is 0 Å². The summed E-state index contributed by atoms with van der Waals surface area (Å²) >= 11 is 5.80. The maximum absolute atomic E-state index is 13.4. The SMILES string of the molecule is O=C1CC(N2CCC(Nc3ccc(F)cc3)CC2)C(=O)N1c1ccc(F)c(Cl)c1. The zero-order valence-corrected chi connectivity index (χ0v) is 16.3. The van der Waals surface area contributed by atoms with Crippen LogP contribution >= 0.6 is 11.6 Å². The molecule has 1 N–H and O–H groups in total. The Hall–Kier alpha value is -2.51. The van der Waals surface area contributed by atoms with Crippen LogP contribution in [0.2, 0.25) is 5.02 Å². The standard InChI is InChI=1S/C21H20ClF2N3O2/c22-17-11-16(5-6-18(17)24)27-20(28)12-19(21(27)29)26-9-7-15(8-10-26)25-14-3-1-13(23)2-4-14/h1-6,11,15,19,25H,7-10,12H2. The highest BCUT2D eigenvalue weighted by atomic mass is 35.5. The highest BCUT2D eigenvalue weighted by molar-refractivity contribution is 6.31. The van der Waals surface area contributed by atoms with Crippen molar-refractivity contribution >= 4 is 34.8 Å². The van der Waals surface area contributed by atoms with Crippen LogP contribution in [0.5, 0.6) is 0 Å². The van der Waals surface area contributed by atoms with Gasteiger partial charge in [0.05, 0.1) is 23.2 Å². The Morgan fingerprint density at radius 1 is 1.00 bits per heavy atom. The largest absolute Gasteiger partial charge is 0.382 e. The Morgan fingerprint density at radius 3 is 2.34 bits per heavy atom. The molecule has 2 saturated heterocycles. The third kappa shape index (κ3) is 4.11. The Kier molecular flexibility index (Phi) is 5.52. The first-order valence-electron chi connectivity index (χ1n) is 9.50. The molecule has 152 valence electrons. The van der Waals surface area contributed by atoms with Gasteiger partial charge in [0.25, 0.3) is 5.91 Å². The van der Waals surface area contributed by atoms with Gasteiger partial charge in [-0.15, -0.1) is 0 Å². The maximum atomic E-state index is 13.4. The van der Waals surface area contributed by atoms with E-state index in [0.29, 0.717) is 18.8 Å². The normalized spacial score (nSPS) is 21.1. The number of likely N-dealkylation sites (tertiary alicyclic amines) is 1. The molecule has 0 bridgehead atoms. The van der Waals surface area contributed by atoms with Gasteiger partial charge in [-0.1, -0.05) is 11.6 Å². The van der Waals surface area contributed by atoms with E-state index in [0.717, 1.165) is 29.5 Å². The summed E-state index contributed by atoms with van der Waals surface area (Å²) in [5.41, 5.74) is 1.15. The van der Waals surface area contributed by atoms with E-state index >= 15 is 0 Å². The Morgan fingerprint density at radius 2 is 1.69 bits per heavy atom. The van der Waals surface area contributed by atoms with Gasteiger partial charge in [-0.05, 0) is 55.3 Å². The van der Waals surface area contributed by atoms with E-state index in [1.54, 1.807) is 12.1 Å². The van der Waals surface area contributed by atoms with Crippen LogP contribution in [-0.2, 0) is 9.59 Å². The number of amides is 2. The highest BCUT2D eigenvalue weighted by Gasteiger charge is 2.43. The molecular weight excluding hydrogens is 400 g/mol. The summed E-state index contributed by atoms with van der Waals surface area (Å²) in [5, 5.41) is 3.25. The summed E-state index contributed by atoms with van der Waals surface area (Å²) in [4.78, 5) is 28.5. The lowest BCUT2D eigenvalue weighted by atomic mass is 10.0. The molecule has 2 aliphatic heterocycles. The van der Waals surface area contributed by atoms with Gasteiger partial charge in [-0.2, -0.15) is 0 Å². The number of imide groups is 1. The van der Waals surface area contributed by atoms with Gasteiger partial charge < -0.3 is 5.32 Å². The summed E-state index contributed by atoms with van der Waals surface area (Å²) in [6.07, 6.45) is 1.71. The molecule has 0 saturated carbocycles. The van der Waals surface area contributed by atoms with Crippen molar-refractivity contribution in [2.75, 3.05) is 23.3 Å². The molecule has 0 radical (unpaired) electrons. The maximum Gasteiger partial charge on any atom is 0.251 e. The fraction of sp³-hybridized carbons (Fsp3) is 0.333. The quantitative estimate of drug-likeness (QED) is 0.765. The molecule has 1 unspecified atom stereocenters. The molecule has 8 heteroatoms. The number of rotatable bonds is 4. The zero-order chi connectivity index (χ0) is 20.5. The topological polar surface area (TPSA) is 52.7 Å². The predicted molar refractivity (Wildman–Crippen MR) is 107 cm³/mol. The van der Waals surface area contributed by atoms with Crippen LogP contribution in [0, 0.1) is 11.6 Å². The zero-order valence-electron chi connectivity index (χ0n) is 15.6. The first-order chi connectivity index (χ1) is 13.9. The number of benzene rings is 2. The first-order valence-corrected chi connectivity index (χ1v) is 9.88. The highest BCUT2D eigenvalue weighted by Crippen LogP contribution is 2.30. The Labute approximate surface area is 172 Å². The van der Waals surface area contributed by atoms with E-state index in [1.807, 2.05) is 4.90 Å². The number of nitrogens with zero attached hydrogens (tertiary/aromatic N) is 2. The molecule has 29 heavy (non-hydrogen) atoms. The number of hydrogen-bond donors (Lipinski definition) is 1. The minimum Gasteiger partial charge on any atom is -0.382 e. The fourth-order valence-electron chi connectivity index (χ4n) is 3.93. The van der Waals surface area contributed by atoms with E-state index in [2.05, 4.69) is 5.32 Å². The van der Waals surface area contributed by atoms with Crippen molar-refractivity contribution in [2.24, 2.45) is 0 Å². The lowest BCUT2D eigenvalue weighted by molar-refractivity contribution is -0.123. The van der Waals surface area contributed by atoms with Crippen LogP contribution in [-0.4, -0.2) is 41.9 Å². The van der Waals surface area contributed by atoms with E-state index in [4.69, 9.17) is 11.6 Å². The van der Waals surface area contributed by atoms with Crippen LogP contribution in [0.3, 0.4) is 0 Å². The van der Waals surface area contributed by atoms with E-state index in [9.17, 15) is 18.4 Å². The monoisotopic (exact) mass is 419 g/mol. The number of nitrogens with one attached hydrogen (secondary N) is 1. The van der Waals surface area contributed by atoms with Crippen LogP contribution < -0.4 is 10.2 Å². The third-order valence-corrected chi connectivity index (χ3v) is 5.76. The lowest BCUT2D eigenvalue weighted by Gasteiger charge is -2.35. The minimum atomic E-state index is -0.596. The second-order valence-electron chi connectivity index (χ2n) is 7.35. The minimum absolute atomic E-state index is 0.101. The van der Waals surface area contributed by atoms with Gasteiger partial charge >= 0.3 is 0 Å². The van der Waals surface area contributed by atoms with Gasteiger partial charge in [0, 0.05) is 24.8 Å². The Balaban J connectivity index is 1.38. The van der Waals surface area contributed by atoms with Crippen molar-refractivity contribution < 1.29 is 18.4 Å². The third-order valence-electron chi connectivity index (χ3n) is 5.47. The molecule has 2 aromatic carbocycles. The van der Waals surface area contributed by atoms with Gasteiger partial charge in [0.1, 0.15) is 11.6 Å². The van der Waals surface area contributed by atoms with Crippen LogP contribution in [0.4, 0.5) is 20.2 Å². The van der Waals surface area contributed by atoms with Crippen molar-refractivity contribution in [1.29, 1.82) is 0 Å². The molecule has 2 aliphatic rings. The Bertz CT molecular complexity index is 930. The van der Waals surface area contributed by atoms with Gasteiger partial charge in [-0.3, -0.25) is 14.5 Å². The molecule has 0 spiro atoms. The number of carbonyl (C=O) groups excluding carboxylic acids is 2. The van der Waals surface area contributed by atoms with E-state index in [1.165, 1.54) is 24.3 Å². The molecule has 0 aromatic heterocycles. The smallest absolute Gasteiger partial charge is 0.251 e. The number of anilines is 2. The van der Waals surface area contributed by atoms with Crippen LogP contribution in [0.1, 0.15) is 19.3 Å². The molecule has 2 heterocycles. The van der Waals surface area contributed by atoms with E-state index < -0.39 is 11.9 Å². The summed E-state index contributed by atoms with van der Waals surface area (Å²) in [7, 11) is 0. The van der Waals surface area contributed by atoms with Gasteiger partial charge in [0.2, 0.25) is 5.91 Å². The second-order valence-corrected chi connectivity index (χ2v) is 7.75. The second kappa shape index (κ2) is 8.08. The summed E-state index contributed by atoms with van der Waals surface area (Å²) in [6.45, 7) is 1.33. The average molecular weight is 420 g/mol. The number of piperidine rings is 1. The van der Waals surface area contributed by atoms with E-state index in [-0.39, 0.29) is 35.1 Å². The molecule has 2 amide bonds. The van der Waals surface area contributed by atoms with Crippen molar-refractivity contribution in [3.8, 4) is 0 Å². The molecule has 0 aliphatic carbocycles. The molecular formula is C21H20ClF2N3O2. The summed E-state index contributed by atoms with van der Waals surface area (Å²) in [6, 6.07) is 9.77. The molecule has 4 rings (SSSR count). The molecule has 5 nitrogen and oxygen atoms in total. The number of carbonyl (C=O) groups is 2. The summed E-state index contributed by atoms with van der Waals surface area (Å²) in [5.74, 6) is -1.49. The first kappa shape index (κ1) is 19.8. The van der Waals surface area contributed by atoms with Crippen molar-refractivity contribution in [1.82, 2.24) is 4.90 Å². The number of halogens is 3. The average Bonchev–Trinajstić information content (AvgIpc) is 3.01. The summed E-state index contributed by atoms with van der Waals surface area (Å²) < 4.78 is 26.4.